The van der Waals surface area contributed by atoms with E-state index in [0.29, 0.717) is 11.5 Å². The molecule has 0 aliphatic carbocycles. The van der Waals surface area contributed by atoms with E-state index in [1.807, 2.05) is 0 Å². The smallest absolute Gasteiger partial charge is 0.493 e. The first-order chi connectivity index (χ1) is 13.2. The van der Waals surface area contributed by atoms with Crippen LogP contribution >= 0.6 is 0 Å². The van der Waals surface area contributed by atoms with E-state index in [0.717, 1.165) is 24.3 Å². The molecule has 2 aromatic rings. The highest BCUT2D eigenvalue weighted by atomic mass is 32.2. The SMILES string of the molecule is COc1ccccc1OCC#CCNS(=O)(=O)c1ccc(OC(F)(F)F)cc1. The van der Waals surface area contributed by atoms with Gasteiger partial charge in [-0.25, -0.2) is 8.42 Å². The van der Waals surface area contributed by atoms with Gasteiger partial charge in [0.25, 0.3) is 0 Å². The number of rotatable bonds is 7. The summed E-state index contributed by atoms with van der Waals surface area (Å²) in [4.78, 5) is -0.214. The molecule has 0 saturated heterocycles. The van der Waals surface area contributed by atoms with Gasteiger partial charge in [0.1, 0.15) is 12.4 Å². The summed E-state index contributed by atoms with van der Waals surface area (Å²) < 4.78 is 76.9. The molecule has 0 atom stereocenters. The molecule has 0 heterocycles. The first kappa shape index (κ1) is 21.4. The molecular weight excluding hydrogens is 399 g/mol. The number of hydrogen-bond donors (Lipinski definition) is 1. The summed E-state index contributed by atoms with van der Waals surface area (Å²) in [6.07, 6.45) is -4.85. The number of ether oxygens (including phenoxy) is 3. The van der Waals surface area contributed by atoms with E-state index < -0.39 is 22.1 Å². The van der Waals surface area contributed by atoms with E-state index in [2.05, 4.69) is 21.3 Å². The number of nitrogens with one attached hydrogen (secondary N) is 1. The van der Waals surface area contributed by atoms with Gasteiger partial charge >= 0.3 is 6.36 Å². The van der Waals surface area contributed by atoms with Crippen molar-refractivity contribution >= 4 is 10.0 Å². The van der Waals surface area contributed by atoms with Gasteiger partial charge in [-0.3, -0.25) is 0 Å². The van der Waals surface area contributed by atoms with Gasteiger partial charge < -0.3 is 14.2 Å². The van der Waals surface area contributed by atoms with Gasteiger partial charge in [0.15, 0.2) is 11.5 Å². The third-order valence-electron chi connectivity index (χ3n) is 3.21. The van der Waals surface area contributed by atoms with Gasteiger partial charge in [-0.2, -0.15) is 4.72 Å². The summed E-state index contributed by atoms with van der Waals surface area (Å²) in [5.41, 5.74) is 0. The molecule has 0 saturated carbocycles. The van der Waals surface area contributed by atoms with Crippen LogP contribution in [0.25, 0.3) is 0 Å². The summed E-state index contributed by atoms with van der Waals surface area (Å²) in [5, 5.41) is 0. The largest absolute Gasteiger partial charge is 0.573 e. The average Bonchev–Trinajstić information content (AvgIpc) is 2.64. The summed E-state index contributed by atoms with van der Waals surface area (Å²) >= 11 is 0. The quantitative estimate of drug-likeness (QED) is 0.704. The normalized spacial score (nSPS) is 11.3. The number of para-hydroxylation sites is 2. The van der Waals surface area contributed by atoms with Crippen LogP contribution in [0, 0.1) is 11.8 Å². The monoisotopic (exact) mass is 415 g/mol. The van der Waals surface area contributed by atoms with E-state index in [4.69, 9.17) is 9.47 Å². The van der Waals surface area contributed by atoms with Crippen LogP contribution in [0.3, 0.4) is 0 Å². The first-order valence-electron chi connectivity index (χ1n) is 7.78. The van der Waals surface area contributed by atoms with Gasteiger partial charge in [-0.15, -0.1) is 13.2 Å². The highest BCUT2D eigenvalue weighted by molar-refractivity contribution is 7.89. The van der Waals surface area contributed by atoms with Crippen molar-refractivity contribution in [3.05, 3.63) is 48.5 Å². The predicted octanol–water partition coefficient (Wildman–Crippen LogP) is 2.95. The van der Waals surface area contributed by atoms with E-state index in [9.17, 15) is 21.6 Å². The molecular formula is C18H16F3NO5S. The molecule has 0 fully saturated rings. The summed E-state index contributed by atoms with van der Waals surface area (Å²) in [6, 6.07) is 10.8. The minimum Gasteiger partial charge on any atom is -0.493 e. The van der Waals surface area contributed by atoms with Crippen molar-refractivity contribution in [2.45, 2.75) is 11.3 Å². The van der Waals surface area contributed by atoms with Crippen LogP contribution in [-0.4, -0.2) is 35.0 Å². The van der Waals surface area contributed by atoms with Crippen LogP contribution in [0.15, 0.2) is 53.4 Å². The van der Waals surface area contributed by atoms with Crippen LogP contribution in [-0.2, 0) is 10.0 Å². The molecule has 0 unspecified atom stereocenters. The van der Waals surface area contributed by atoms with Crippen LogP contribution in [0.2, 0.25) is 0 Å². The number of benzene rings is 2. The van der Waals surface area contributed by atoms with E-state index in [-0.39, 0.29) is 18.0 Å². The second-order valence-electron chi connectivity index (χ2n) is 5.14. The average molecular weight is 415 g/mol. The Balaban J connectivity index is 1.86. The van der Waals surface area contributed by atoms with Crippen molar-refractivity contribution in [3.63, 3.8) is 0 Å². The first-order valence-corrected chi connectivity index (χ1v) is 9.26. The number of halogens is 3. The van der Waals surface area contributed by atoms with Crippen LogP contribution in [0.5, 0.6) is 17.2 Å². The maximum Gasteiger partial charge on any atom is 0.573 e. The van der Waals surface area contributed by atoms with E-state index in [1.165, 1.54) is 7.11 Å². The highest BCUT2D eigenvalue weighted by Gasteiger charge is 2.31. The zero-order chi connectivity index (χ0) is 20.6. The van der Waals surface area contributed by atoms with Crippen molar-refractivity contribution in [2.75, 3.05) is 20.3 Å². The lowest BCUT2D eigenvalue weighted by Crippen LogP contribution is -2.24. The Bertz CT molecular complexity index is 948. The molecule has 0 bridgehead atoms. The minimum absolute atomic E-state index is 0.0194. The topological polar surface area (TPSA) is 73.9 Å². The maximum atomic E-state index is 12.1. The predicted molar refractivity (Wildman–Crippen MR) is 94.6 cm³/mol. The molecule has 28 heavy (non-hydrogen) atoms. The standard InChI is InChI=1S/C18H16F3NO5S/c1-25-16-6-2-3-7-17(16)26-13-5-4-12-22-28(23,24)15-10-8-14(9-11-15)27-18(19,20)21/h2-3,6-11,22H,12-13H2,1H3. The summed E-state index contributed by atoms with van der Waals surface area (Å²) in [7, 11) is -2.42. The Morgan fingerprint density at radius 3 is 2.25 bits per heavy atom. The molecule has 10 heteroatoms. The highest BCUT2D eigenvalue weighted by Crippen LogP contribution is 2.25. The Kier molecular flexibility index (Phi) is 7.14. The zero-order valence-electron chi connectivity index (χ0n) is 14.6. The second kappa shape index (κ2) is 9.34. The van der Waals surface area contributed by atoms with Gasteiger partial charge in [0.05, 0.1) is 18.6 Å². The van der Waals surface area contributed by atoms with Gasteiger partial charge in [0.2, 0.25) is 10.0 Å². The van der Waals surface area contributed by atoms with Gasteiger partial charge in [-0.1, -0.05) is 24.0 Å². The molecule has 0 aromatic heterocycles. The second-order valence-corrected chi connectivity index (χ2v) is 6.90. The molecule has 6 nitrogen and oxygen atoms in total. The lowest BCUT2D eigenvalue weighted by molar-refractivity contribution is -0.274. The molecule has 0 aliphatic heterocycles. The van der Waals surface area contributed by atoms with Crippen LogP contribution in [0.1, 0.15) is 0 Å². The van der Waals surface area contributed by atoms with Crippen molar-refractivity contribution in [1.29, 1.82) is 0 Å². The molecule has 0 amide bonds. The molecule has 0 spiro atoms. The fraction of sp³-hybridized carbons (Fsp3) is 0.222. The molecule has 1 N–H and O–H groups in total. The number of alkyl halides is 3. The van der Waals surface area contributed by atoms with Crippen molar-refractivity contribution < 1.29 is 35.8 Å². The van der Waals surface area contributed by atoms with Crippen LogP contribution in [0.4, 0.5) is 13.2 Å². The Morgan fingerprint density at radius 1 is 1.00 bits per heavy atom. The lowest BCUT2D eigenvalue weighted by atomic mass is 10.3. The Morgan fingerprint density at radius 2 is 1.64 bits per heavy atom. The van der Waals surface area contributed by atoms with Crippen molar-refractivity contribution in [2.24, 2.45) is 0 Å². The maximum absolute atomic E-state index is 12.1. The van der Waals surface area contributed by atoms with Crippen LogP contribution < -0.4 is 18.9 Å². The van der Waals surface area contributed by atoms with Gasteiger partial charge in [0, 0.05) is 0 Å². The molecule has 2 rings (SSSR count). The van der Waals surface area contributed by atoms with Crippen molar-refractivity contribution in [1.82, 2.24) is 4.72 Å². The summed E-state index contributed by atoms with van der Waals surface area (Å²) in [6.45, 7) is -0.177. The van der Waals surface area contributed by atoms with E-state index >= 15 is 0 Å². The molecule has 2 aromatic carbocycles. The number of methoxy groups -OCH3 is 1. The number of sulfonamides is 1. The molecule has 150 valence electrons. The van der Waals surface area contributed by atoms with E-state index in [1.54, 1.807) is 24.3 Å². The fourth-order valence-corrected chi connectivity index (χ4v) is 2.92. The zero-order valence-corrected chi connectivity index (χ0v) is 15.4. The molecule has 0 aliphatic rings. The fourth-order valence-electron chi connectivity index (χ4n) is 2.00. The van der Waals surface area contributed by atoms with Gasteiger partial charge in [-0.05, 0) is 36.4 Å². The van der Waals surface area contributed by atoms with Crippen molar-refractivity contribution in [3.8, 4) is 29.1 Å². The number of hydrogen-bond acceptors (Lipinski definition) is 5. The molecule has 0 radical (unpaired) electrons. The third kappa shape index (κ3) is 6.68. The lowest BCUT2D eigenvalue weighted by Gasteiger charge is -2.09. The Labute approximate surface area is 160 Å². The summed E-state index contributed by atoms with van der Waals surface area (Å²) in [5.74, 6) is 5.76. The third-order valence-corrected chi connectivity index (χ3v) is 4.63. The minimum atomic E-state index is -4.85. The Hall–Kier alpha value is -2.90.